The number of amides is 1. The summed E-state index contributed by atoms with van der Waals surface area (Å²) in [5, 5.41) is 4.98. The van der Waals surface area contributed by atoms with Crippen molar-refractivity contribution in [1.82, 2.24) is 4.98 Å². The van der Waals surface area contributed by atoms with Gasteiger partial charge in [-0.1, -0.05) is 18.2 Å². The van der Waals surface area contributed by atoms with Crippen LogP contribution in [0.1, 0.15) is 16.1 Å². The van der Waals surface area contributed by atoms with Crippen molar-refractivity contribution >= 4 is 28.6 Å². The smallest absolute Gasteiger partial charge is 0.255 e. The molecule has 0 spiro atoms. The third-order valence-electron chi connectivity index (χ3n) is 4.47. The minimum atomic E-state index is -0.167. The van der Waals surface area contributed by atoms with Crippen LogP contribution in [0, 0.1) is 0 Å². The van der Waals surface area contributed by atoms with E-state index in [0.29, 0.717) is 31.1 Å². The molecule has 1 aliphatic heterocycles. The van der Waals surface area contributed by atoms with Gasteiger partial charge < -0.3 is 19.7 Å². The number of benzene rings is 2. The molecule has 0 atom stereocenters. The number of hydrogen-bond donors (Lipinski definition) is 1. The summed E-state index contributed by atoms with van der Waals surface area (Å²) in [5.74, 6) is 0.474. The summed E-state index contributed by atoms with van der Waals surface area (Å²) in [6, 6.07) is 15.0. The van der Waals surface area contributed by atoms with Crippen molar-refractivity contribution in [2.24, 2.45) is 0 Å². The van der Waals surface area contributed by atoms with E-state index >= 15 is 0 Å². The maximum atomic E-state index is 12.8. The van der Waals surface area contributed by atoms with Crippen LogP contribution in [-0.2, 0) is 11.3 Å². The van der Waals surface area contributed by atoms with Crippen molar-refractivity contribution < 1.29 is 14.3 Å². The molecule has 0 radical (unpaired) electrons. The summed E-state index contributed by atoms with van der Waals surface area (Å²) < 4.78 is 11.2. The van der Waals surface area contributed by atoms with Crippen LogP contribution < -0.4 is 15.0 Å². The predicted molar refractivity (Wildman–Crippen MR) is 110 cm³/mol. The molecule has 3 aromatic rings. The fourth-order valence-corrected chi connectivity index (χ4v) is 3.59. The quantitative estimate of drug-likeness (QED) is 0.688. The number of para-hydroxylation sites is 2. The average molecular weight is 395 g/mol. The zero-order valence-electron chi connectivity index (χ0n) is 15.3. The number of carbonyl (C=O) groups excluding carboxylic acids is 1. The lowest BCUT2D eigenvalue weighted by atomic mass is 10.1. The number of thiazole rings is 1. The lowest BCUT2D eigenvalue weighted by Crippen LogP contribution is -2.36. The summed E-state index contributed by atoms with van der Waals surface area (Å²) in [4.78, 5) is 19.2. The van der Waals surface area contributed by atoms with Crippen LogP contribution in [0.2, 0.25) is 0 Å². The number of hydrogen-bond acceptors (Lipinski definition) is 6. The molecule has 1 aliphatic rings. The first-order chi connectivity index (χ1) is 13.8. The Balaban J connectivity index is 1.46. The molecule has 0 unspecified atom stereocenters. The molecule has 2 aromatic carbocycles. The molecule has 1 amide bonds. The van der Waals surface area contributed by atoms with Crippen LogP contribution in [-0.4, -0.2) is 37.2 Å². The molecular formula is C21H21N3O3S. The van der Waals surface area contributed by atoms with Crippen LogP contribution in [0.3, 0.4) is 0 Å². The van der Waals surface area contributed by atoms with Gasteiger partial charge >= 0.3 is 0 Å². The number of carbonyl (C=O) groups is 1. The Morgan fingerprint density at radius 1 is 1.18 bits per heavy atom. The fraction of sp³-hybridized carbons (Fsp3) is 0.238. The largest absolute Gasteiger partial charge is 0.487 e. The monoisotopic (exact) mass is 395 g/mol. The van der Waals surface area contributed by atoms with E-state index in [9.17, 15) is 4.79 Å². The van der Waals surface area contributed by atoms with E-state index in [1.165, 1.54) is 11.3 Å². The first kappa shape index (κ1) is 18.5. The van der Waals surface area contributed by atoms with Crippen molar-refractivity contribution in [1.29, 1.82) is 0 Å². The maximum absolute atomic E-state index is 12.8. The molecule has 1 aromatic heterocycles. The third-order valence-corrected chi connectivity index (χ3v) is 5.11. The van der Waals surface area contributed by atoms with Crippen LogP contribution >= 0.6 is 11.3 Å². The van der Waals surface area contributed by atoms with Gasteiger partial charge in [-0.15, -0.1) is 11.3 Å². The standard InChI is InChI=1S/C21H21N3O3S/c25-21(16-4-3-5-18(12-16)27-13-17-14-28-15-22-17)23-19-6-1-2-7-20(19)24-8-10-26-11-9-24/h1-7,12,14-15H,8-11,13H2,(H,23,25). The minimum absolute atomic E-state index is 0.167. The Morgan fingerprint density at radius 3 is 2.86 bits per heavy atom. The molecule has 1 saturated heterocycles. The molecule has 0 aliphatic carbocycles. The number of nitrogens with zero attached hydrogens (tertiary/aromatic N) is 2. The lowest BCUT2D eigenvalue weighted by Gasteiger charge is -2.30. The normalized spacial score (nSPS) is 13.9. The number of aromatic nitrogens is 1. The van der Waals surface area contributed by atoms with Gasteiger partial charge in [0.2, 0.25) is 0 Å². The first-order valence-electron chi connectivity index (χ1n) is 9.12. The van der Waals surface area contributed by atoms with Gasteiger partial charge in [0.15, 0.2) is 0 Å². The molecule has 7 heteroatoms. The van der Waals surface area contributed by atoms with E-state index in [1.807, 2.05) is 41.8 Å². The zero-order valence-corrected chi connectivity index (χ0v) is 16.2. The second-order valence-corrected chi connectivity index (χ2v) is 7.09. The molecule has 0 saturated carbocycles. The Kier molecular flexibility index (Phi) is 5.84. The molecule has 0 bridgehead atoms. The van der Waals surface area contributed by atoms with Crippen LogP contribution in [0.4, 0.5) is 11.4 Å². The van der Waals surface area contributed by atoms with Crippen molar-refractivity contribution in [3.05, 3.63) is 70.7 Å². The fourth-order valence-electron chi connectivity index (χ4n) is 3.05. The molecule has 1 fully saturated rings. The molecule has 1 N–H and O–H groups in total. The van der Waals surface area contributed by atoms with Gasteiger partial charge in [-0.3, -0.25) is 4.79 Å². The Labute approximate surface area is 167 Å². The van der Waals surface area contributed by atoms with Crippen molar-refractivity contribution in [2.75, 3.05) is 36.5 Å². The van der Waals surface area contributed by atoms with Gasteiger partial charge in [0.25, 0.3) is 5.91 Å². The molecule has 144 valence electrons. The second-order valence-electron chi connectivity index (χ2n) is 6.37. The predicted octanol–water partition coefficient (Wildman–Crippen LogP) is 3.81. The molecule has 4 rings (SSSR count). The van der Waals surface area contributed by atoms with Crippen LogP contribution in [0.15, 0.2) is 59.4 Å². The van der Waals surface area contributed by atoms with E-state index in [1.54, 1.807) is 17.6 Å². The molecule has 2 heterocycles. The van der Waals surface area contributed by atoms with E-state index < -0.39 is 0 Å². The summed E-state index contributed by atoms with van der Waals surface area (Å²) in [6.45, 7) is 3.40. The lowest BCUT2D eigenvalue weighted by molar-refractivity contribution is 0.102. The summed E-state index contributed by atoms with van der Waals surface area (Å²) in [6.07, 6.45) is 0. The van der Waals surface area contributed by atoms with E-state index in [-0.39, 0.29) is 5.91 Å². The van der Waals surface area contributed by atoms with Crippen molar-refractivity contribution in [3.8, 4) is 5.75 Å². The number of rotatable bonds is 6. The summed E-state index contributed by atoms with van der Waals surface area (Å²) in [7, 11) is 0. The van der Waals surface area contributed by atoms with E-state index in [0.717, 1.165) is 30.2 Å². The third kappa shape index (κ3) is 4.49. The van der Waals surface area contributed by atoms with Crippen LogP contribution in [0.25, 0.3) is 0 Å². The van der Waals surface area contributed by atoms with E-state index in [4.69, 9.17) is 9.47 Å². The first-order valence-corrected chi connectivity index (χ1v) is 10.1. The van der Waals surface area contributed by atoms with Gasteiger partial charge in [0.05, 0.1) is 35.8 Å². The van der Waals surface area contributed by atoms with Gasteiger partial charge in [0, 0.05) is 24.0 Å². The number of anilines is 2. The van der Waals surface area contributed by atoms with Gasteiger partial charge in [-0.05, 0) is 30.3 Å². The highest BCUT2D eigenvalue weighted by Crippen LogP contribution is 2.27. The van der Waals surface area contributed by atoms with Crippen molar-refractivity contribution in [3.63, 3.8) is 0 Å². The van der Waals surface area contributed by atoms with Crippen LogP contribution in [0.5, 0.6) is 5.75 Å². The number of ether oxygens (including phenoxy) is 2. The van der Waals surface area contributed by atoms with Gasteiger partial charge in [0.1, 0.15) is 12.4 Å². The summed E-state index contributed by atoms with van der Waals surface area (Å²) in [5.41, 5.74) is 5.00. The van der Waals surface area contributed by atoms with E-state index in [2.05, 4.69) is 15.2 Å². The summed E-state index contributed by atoms with van der Waals surface area (Å²) >= 11 is 1.53. The van der Waals surface area contributed by atoms with Crippen molar-refractivity contribution in [2.45, 2.75) is 6.61 Å². The SMILES string of the molecule is O=C(Nc1ccccc1N1CCOCC1)c1cccc(OCc2cscn2)c1. The maximum Gasteiger partial charge on any atom is 0.255 e. The Bertz CT molecular complexity index is 924. The van der Waals surface area contributed by atoms with Gasteiger partial charge in [-0.25, -0.2) is 4.98 Å². The minimum Gasteiger partial charge on any atom is -0.487 e. The Morgan fingerprint density at radius 2 is 2.04 bits per heavy atom. The number of nitrogens with one attached hydrogen (secondary N) is 1. The topological polar surface area (TPSA) is 63.7 Å². The second kappa shape index (κ2) is 8.86. The highest BCUT2D eigenvalue weighted by atomic mass is 32.1. The average Bonchev–Trinajstić information content (AvgIpc) is 3.27. The Hall–Kier alpha value is -2.90. The molecule has 6 nitrogen and oxygen atoms in total. The molecular weight excluding hydrogens is 374 g/mol. The molecule has 28 heavy (non-hydrogen) atoms. The highest BCUT2D eigenvalue weighted by Gasteiger charge is 2.16. The number of morpholine rings is 1. The highest BCUT2D eigenvalue weighted by molar-refractivity contribution is 7.07. The van der Waals surface area contributed by atoms with Gasteiger partial charge in [-0.2, -0.15) is 0 Å². The zero-order chi connectivity index (χ0) is 19.2.